The van der Waals surface area contributed by atoms with E-state index < -0.39 is 0 Å². The Morgan fingerprint density at radius 1 is 1.44 bits per heavy atom. The first kappa shape index (κ1) is 10.9. The van der Waals surface area contributed by atoms with Gasteiger partial charge in [-0.3, -0.25) is 0 Å². The van der Waals surface area contributed by atoms with E-state index >= 15 is 0 Å². The van der Waals surface area contributed by atoms with Crippen LogP contribution >= 0.6 is 0 Å². The molecule has 0 bridgehead atoms. The molecule has 0 aromatic carbocycles. The van der Waals surface area contributed by atoms with Gasteiger partial charge in [0.25, 0.3) is 5.88 Å². The Morgan fingerprint density at radius 2 is 2.25 bits per heavy atom. The van der Waals surface area contributed by atoms with Crippen molar-refractivity contribution in [3.8, 4) is 11.9 Å². The molecule has 1 fully saturated rings. The van der Waals surface area contributed by atoms with Gasteiger partial charge in [-0.1, -0.05) is 13.3 Å². The Kier molecular flexibility index (Phi) is 3.35. The highest BCUT2D eigenvalue weighted by Gasteiger charge is 2.24. The van der Waals surface area contributed by atoms with E-state index in [1.54, 1.807) is 6.07 Å². The second kappa shape index (κ2) is 4.93. The van der Waals surface area contributed by atoms with Crippen molar-refractivity contribution in [2.24, 2.45) is 5.92 Å². The van der Waals surface area contributed by atoms with Crippen LogP contribution in [0.3, 0.4) is 0 Å². The van der Waals surface area contributed by atoms with Gasteiger partial charge in [-0.05, 0) is 31.2 Å². The van der Waals surface area contributed by atoms with E-state index in [-0.39, 0.29) is 6.10 Å². The molecule has 0 amide bonds. The van der Waals surface area contributed by atoms with Gasteiger partial charge in [-0.25, -0.2) is 0 Å². The highest BCUT2D eigenvalue weighted by molar-refractivity contribution is 5.35. The summed E-state index contributed by atoms with van der Waals surface area (Å²) >= 11 is 0. The number of nitriles is 1. The third kappa shape index (κ3) is 2.30. The minimum absolute atomic E-state index is 0.178. The van der Waals surface area contributed by atoms with Crippen molar-refractivity contribution in [3.05, 3.63) is 17.8 Å². The Morgan fingerprint density at radius 3 is 3.00 bits per heavy atom. The molecule has 1 saturated carbocycles. The van der Waals surface area contributed by atoms with Crippen LogP contribution in [0.1, 0.15) is 38.2 Å². The quantitative estimate of drug-likeness (QED) is 0.762. The molecular weight excluding hydrogens is 202 g/mol. The van der Waals surface area contributed by atoms with Crippen molar-refractivity contribution in [2.45, 2.75) is 38.7 Å². The second-order valence-corrected chi connectivity index (χ2v) is 4.28. The van der Waals surface area contributed by atoms with E-state index in [0.29, 0.717) is 17.4 Å². The highest BCUT2D eigenvalue weighted by atomic mass is 16.5. The van der Waals surface area contributed by atoms with Crippen molar-refractivity contribution in [3.63, 3.8) is 0 Å². The number of aromatic nitrogens is 2. The molecule has 1 aromatic heterocycles. The molecule has 0 spiro atoms. The van der Waals surface area contributed by atoms with Crippen molar-refractivity contribution in [1.29, 1.82) is 5.26 Å². The first-order valence-corrected chi connectivity index (χ1v) is 5.69. The summed E-state index contributed by atoms with van der Waals surface area (Å²) in [6.07, 6.45) is 6.38. The fourth-order valence-electron chi connectivity index (χ4n) is 2.09. The molecule has 0 radical (unpaired) electrons. The number of nitrogens with zero attached hydrogens (tertiary/aromatic N) is 3. The number of rotatable bonds is 2. The Balaban J connectivity index is 2.11. The standard InChI is InChI=1S/C12H15N3O/c1-9-4-2-3-5-11(9)16-12-10(8-13)6-7-14-15-12/h6-7,9,11H,2-5H2,1H3. The Bertz CT molecular complexity index is 399. The summed E-state index contributed by atoms with van der Waals surface area (Å²) in [4.78, 5) is 0. The summed E-state index contributed by atoms with van der Waals surface area (Å²) in [5.74, 6) is 0.908. The zero-order chi connectivity index (χ0) is 11.4. The van der Waals surface area contributed by atoms with E-state index in [1.165, 1.54) is 25.5 Å². The average molecular weight is 217 g/mol. The van der Waals surface area contributed by atoms with Crippen molar-refractivity contribution < 1.29 is 4.74 Å². The molecule has 1 aliphatic rings. The lowest BCUT2D eigenvalue weighted by Gasteiger charge is -2.28. The molecule has 0 aliphatic heterocycles. The van der Waals surface area contributed by atoms with Crippen LogP contribution in [0.2, 0.25) is 0 Å². The van der Waals surface area contributed by atoms with Crippen molar-refractivity contribution in [1.82, 2.24) is 10.2 Å². The molecule has 2 rings (SSSR count). The zero-order valence-corrected chi connectivity index (χ0v) is 9.39. The van der Waals surface area contributed by atoms with Gasteiger partial charge in [0.15, 0.2) is 0 Å². The van der Waals surface area contributed by atoms with Gasteiger partial charge in [0, 0.05) is 0 Å². The topological polar surface area (TPSA) is 58.8 Å². The minimum Gasteiger partial charge on any atom is -0.472 e. The molecule has 0 N–H and O–H groups in total. The average Bonchev–Trinajstić information content (AvgIpc) is 2.33. The maximum absolute atomic E-state index is 8.92. The van der Waals surface area contributed by atoms with E-state index in [9.17, 15) is 0 Å². The highest BCUT2D eigenvalue weighted by Crippen LogP contribution is 2.28. The van der Waals surface area contributed by atoms with Crippen LogP contribution < -0.4 is 4.74 Å². The SMILES string of the molecule is CC1CCCCC1Oc1nnccc1C#N. The summed E-state index contributed by atoms with van der Waals surface area (Å²) in [7, 11) is 0. The van der Waals surface area contributed by atoms with E-state index in [0.717, 1.165) is 6.42 Å². The predicted molar refractivity (Wildman–Crippen MR) is 58.8 cm³/mol. The number of hydrogen-bond donors (Lipinski definition) is 0. The van der Waals surface area contributed by atoms with Crippen LogP contribution in [-0.4, -0.2) is 16.3 Å². The van der Waals surface area contributed by atoms with Gasteiger partial charge >= 0.3 is 0 Å². The largest absolute Gasteiger partial charge is 0.472 e. The van der Waals surface area contributed by atoms with E-state index in [1.807, 2.05) is 0 Å². The lowest BCUT2D eigenvalue weighted by Crippen LogP contribution is -2.29. The van der Waals surface area contributed by atoms with Gasteiger partial charge in [-0.2, -0.15) is 10.4 Å². The molecule has 4 nitrogen and oxygen atoms in total. The van der Waals surface area contributed by atoms with Crippen LogP contribution in [0.15, 0.2) is 12.3 Å². The van der Waals surface area contributed by atoms with Gasteiger partial charge in [0.1, 0.15) is 17.7 Å². The molecule has 4 heteroatoms. The fourth-order valence-corrected chi connectivity index (χ4v) is 2.09. The molecule has 2 atom stereocenters. The number of hydrogen-bond acceptors (Lipinski definition) is 4. The van der Waals surface area contributed by atoms with Gasteiger partial charge in [-0.15, -0.1) is 5.10 Å². The smallest absolute Gasteiger partial charge is 0.251 e. The van der Waals surface area contributed by atoms with Gasteiger partial charge in [0.05, 0.1) is 6.20 Å². The third-order valence-electron chi connectivity index (χ3n) is 3.10. The van der Waals surface area contributed by atoms with Crippen LogP contribution in [-0.2, 0) is 0 Å². The first-order valence-electron chi connectivity index (χ1n) is 5.69. The lowest BCUT2D eigenvalue weighted by molar-refractivity contribution is 0.0961. The van der Waals surface area contributed by atoms with Gasteiger partial charge < -0.3 is 4.74 Å². The summed E-state index contributed by atoms with van der Waals surface area (Å²) in [6, 6.07) is 3.71. The van der Waals surface area contributed by atoms with E-state index in [2.05, 4.69) is 23.2 Å². The van der Waals surface area contributed by atoms with Crippen LogP contribution in [0.4, 0.5) is 0 Å². The van der Waals surface area contributed by atoms with E-state index in [4.69, 9.17) is 10.00 Å². The van der Waals surface area contributed by atoms with Gasteiger partial charge in [0.2, 0.25) is 0 Å². The summed E-state index contributed by atoms with van der Waals surface area (Å²) in [6.45, 7) is 2.19. The fraction of sp³-hybridized carbons (Fsp3) is 0.583. The van der Waals surface area contributed by atoms with Crippen LogP contribution in [0.25, 0.3) is 0 Å². The molecule has 1 heterocycles. The molecule has 0 saturated heterocycles. The first-order chi connectivity index (χ1) is 7.81. The third-order valence-corrected chi connectivity index (χ3v) is 3.10. The zero-order valence-electron chi connectivity index (χ0n) is 9.39. The summed E-state index contributed by atoms with van der Waals surface area (Å²) in [5.41, 5.74) is 0.466. The molecule has 1 aliphatic carbocycles. The Labute approximate surface area is 95.3 Å². The van der Waals surface area contributed by atoms with Crippen LogP contribution in [0, 0.1) is 17.2 Å². The Hall–Kier alpha value is -1.63. The van der Waals surface area contributed by atoms with Crippen LogP contribution in [0.5, 0.6) is 5.88 Å². The predicted octanol–water partition coefficient (Wildman–Crippen LogP) is 2.31. The minimum atomic E-state index is 0.178. The molecule has 16 heavy (non-hydrogen) atoms. The lowest BCUT2D eigenvalue weighted by atomic mass is 9.88. The molecule has 2 unspecified atom stereocenters. The normalized spacial score (nSPS) is 24.8. The second-order valence-electron chi connectivity index (χ2n) is 4.28. The summed E-state index contributed by atoms with van der Waals surface area (Å²) < 4.78 is 5.79. The maximum Gasteiger partial charge on any atom is 0.251 e. The summed E-state index contributed by atoms with van der Waals surface area (Å²) in [5, 5.41) is 16.6. The molecule has 1 aromatic rings. The molecular formula is C12H15N3O. The monoisotopic (exact) mass is 217 g/mol. The van der Waals surface area contributed by atoms with Crippen molar-refractivity contribution >= 4 is 0 Å². The molecule has 84 valence electrons. The van der Waals surface area contributed by atoms with Crippen molar-refractivity contribution in [2.75, 3.05) is 0 Å². The maximum atomic E-state index is 8.92. The number of ether oxygens (including phenoxy) is 1.